The molecule has 116 valence electrons. The fourth-order valence-corrected chi connectivity index (χ4v) is 3.36. The van der Waals surface area contributed by atoms with Crippen molar-refractivity contribution in [2.45, 2.75) is 25.8 Å². The predicted molar refractivity (Wildman–Crippen MR) is 91.7 cm³/mol. The summed E-state index contributed by atoms with van der Waals surface area (Å²) in [5.74, 6) is 1.16. The van der Waals surface area contributed by atoms with Crippen LogP contribution >= 0.6 is 0 Å². The minimum absolute atomic E-state index is 0.884. The van der Waals surface area contributed by atoms with E-state index in [1.54, 1.807) is 7.11 Å². The smallest absolute Gasteiger partial charge is 0.110 e. The Hall–Kier alpha value is -2.62. The Bertz CT molecular complexity index is 865. The lowest BCUT2D eigenvalue weighted by Crippen LogP contribution is -2.17. The molecule has 1 aliphatic rings. The molecule has 0 bridgehead atoms. The van der Waals surface area contributed by atoms with Gasteiger partial charge >= 0.3 is 0 Å². The largest absolute Gasteiger partial charge is 0.399 e. The van der Waals surface area contributed by atoms with E-state index in [2.05, 4.69) is 52.2 Å². The van der Waals surface area contributed by atoms with Crippen molar-refractivity contribution in [1.82, 2.24) is 9.55 Å². The van der Waals surface area contributed by atoms with Crippen LogP contribution < -0.4 is 0 Å². The highest BCUT2D eigenvalue weighted by molar-refractivity contribution is 6.10. The van der Waals surface area contributed by atoms with Gasteiger partial charge in [0.15, 0.2) is 0 Å². The van der Waals surface area contributed by atoms with Crippen LogP contribution in [0.1, 0.15) is 23.4 Å². The molecule has 0 fully saturated rings. The zero-order valence-corrected chi connectivity index (χ0v) is 13.2. The lowest BCUT2D eigenvalue weighted by atomic mass is 10.0. The molecule has 4 heteroatoms. The monoisotopic (exact) mass is 305 g/mol. The molecule has 0 unspecified atom stereocenters. The van der Waals surface area contributed by atoms with Crippen LogP contribution in [0.5, 0.6) is 0 Å². The summed E-state index contributed by atoms with van der Waals surface area (Å²) < 4.78 is 2.35. The number of nitrogens with zero attached hydrogens (tertiary/aromatic N) is 3. The molecular weight excluding hydrogens is 286 g/mol. The molecular formula is C19H19N3O. The summed E-state index contributed by atoms with van der Waals surface area (Å²) in [6, 6.07) is 16.8. The Morgan fingerprint density at radius 2 is 1.96 bits per heavy atom. The minimum Gasteiger partial charge on any atom is -0.399 e. The van der Waals surface area contributed by atoms with E-state index in [1.165, 1.54) is 11.1 Å². The second-order valence-electron chi connectivity index (χ2n) is 5.81. The first-order valence-corrected chi connectivity index (χ1v) is 7.99. The minimum atomic E-state index is 0.884. The molecule has 4 nitrogen and oxygen atoms in total. The van der Waals surface area contributed by atoms with Crippen molar-refractivity contribution >= 4 is 16.7 Å². The quantitative estimate of drug-likeness (QED) is 0.691. The summed E-state index contributed by atoms with van der Waals surface area (Å²) in [6.07, 6.45) is 2.85. The van der Waals surface area contributed by atoms with Crippen molar-refractivity contribution in [3.05, 3.63) is 65.5 Å². The predicted octanol–water partition coefficient (Wildman–Crippen LogP) is 3.58. The van der Waals surface area contributed by atoms with Crippen LogP contribution in [0.4, 0.5) is 0 Å². The van der Waals surface area contributed by atoms with Crippen LogP contribution in [0.25, 0.3) is 11.0 Å². The molecule has 0 amide bonds. The summed E-state index contributed by atoms with van der Waals surface area (Å²) in [5, 5.41) is 4.19. The standard InChI is InChI=1S/C19H19N3O/c1-23-21-16-12-13-22-18(11-10-14-6-3-2-4-7-14)20-17-9-5-8-15(16)19(17)22/h2-9H,10-13H2,1H3. The molecule has 2 aromatic carbocycles. The molecule has 0 spiro atoms. The number of aryl methyl sites for hydroxylation is 3. The van der Waals surface area contributed by atoms with Crippen LogP contribution in [0, 0.1) is 0 Å². The van der Waals surface area contributed by atoms with Gasteiger partial charge in [0, 0.05) is 24.9 Å². The van der Waals surface area contributed by atoms with Crippen LogP contribution in [-0.2, 0) is 24.2 Å². The summed E-state index contributed by atoms with van der Waals surface area (Å²) in [6.45, 7) is 0.916. The van der Waals surface area contributed by atoms with Crippen LogP contribution in [0.3, 0.4) is 0 Å². The van der Waals surface area contributed by atoms with Crippen LogP contribution in [-0.4, -0.2) is 22.4 Å². The highest BCUT2D eigenvalue weighted by atomic mass is 16.6. The molecule has 0 saturated carbocycles. The van der Waals surface area contributed by atoms with E-state index >= 15 is 0 Å². The maximum Gasteiger partial charge on any atom is 0.110 e. The molecule has 4 rings (SSSR count). The fraction of sp³-hybridized carbons (Fsp3) is 0.263. The van der Waals surface area contributed by atoms with Gasteiger partial charge in [0.05, 0.1) is 16.7 Å². The molecule has 23 heavy (non-hydrogen) atoms. The number of aromatic nitrogens is 2. The van der Waals surface area contributed by atoms with Gasteiger partial charge < -0.3 is 9.40 Å². The van der Waals surface area contributed by atoms with Gasteiger partial charge in [-0.25, -0.2) is 4.98 Å². The summed E-state index contributed by atoms with van der Waals surface area (Å²) in [4.78, 5) is 9.86. The van der Waals surface area contributed by atoms with Crippen molar-refractivity contribution in [3.63, 3.8) is 0 Å². The normalized spacial score (nSPS) is 15.3. The highest BCUT2D eigenvalue weighted by Crippen LogP contribution is 2.27. The number of hydrogen-bond acceptors (Lipinski definition) is 3. The van der Waals surface area contributed by atoms with E-state index in [1.807, 2.05) is 6.07 Å². The number of oxime groups is 1. The highest BCUT2D eigenvalue weighted by Gasteiger charge is 2.22. The molecule has 3 aromatic rings. The second kappa shape index (κ2) is 5.88. The van der Waals surface area contributed by atoms with Gasteiger partial charge in [-0.2, -0.15) is 0 Å². The van der Waals surface area contributed by atoms with Crippen molar-refractivity contribution in [1.29, 1.82) is 0 Å². The van der Waals surface area contributed by atoms with Gasteiger partial charge in [-0.1, -0.05) is 47.6 Å². The first-order valence-electron chi connectivity index (χ1n) is 7.99. The van der Waals surface area contributed by atoms with Gasteiger partial charge in [-0.05, 0) is 18.1 Å². The molecule has 0 N–H and O–H groups in total. The molecule has 0 atom stereocenters. The van der Waals surface area contributed by atoms with Crippen LogP contribution in [0.15, 0.2) is 53.7 Å². The first-order chi connectivity index (χ1) is 11.4. The number of para-hydroxylation sites is 1. The van der Waals surface area contributed by atoms with Gasteiger partial charge in [0.1, 0.15) is 12.9 Å². The van der Waals surface area contributed by atoms with E-state index in [9.17, 15) is 0 Å². The second-order valence-corrected chi connectivity index (χ2v) is 5.81. The molecule has 0 aliphatic carbocycles. The SMILES string of the molecule is CON=C1CCn2c(CCc3ccccc3)nc3cccc1c32. The topological polar surface area (TPSA) is 39.4 Å². The number of imidazole rings is 1. The van der Waals surface area contributed by atoms with E-state index in [0.717, 1.165) is 48.4 Å². The third kappa shape index (κ3) is 2.50. The zero-order chi connectivity index (χ0) is 15.6. The Kier molecular flexibility index (Phi) is 3.58. The molecule has 1 aromatic heterocycles. The molecule has 1 aliphatic heterocycles. The average Bonchev–Trinajstić information content (AvgIpc) is 2.96. The lowest BCUT2D eigenvalue weighted by molar-refractivity contribution is 0.212. The molecule has 0 saturated heterocycles. The van der Waals surface area contributed by atoms with E-state index < -0.39 is 0 Å². The lowest BCUT2D eigenvalue weighted by Gasteiger charge is -2.18. The van der Waals surface area contributed by atoms with E-state index in [4.69, 9.17) is 9.82 Å². The third-order valence-corrected chi connectivity index (χ3v) is 4.41. The third-order valence-electron chi connectivity index (χ3n) is 4.41. The Balaban J connectivity index is 1.72. The van der Waals surface area contributed by atoms with Crippen molar-refractivity contribution in [3.8, 4) is 0 Å². The maximum atomic E-state index is 5.00. The van der Waals surface area contributed by atoms with Gasteiger partial charge in [0.25, 0.3) is 0 Å². The number of hydrogen-bond donors (Lipinski definition) is 0. The van der Waals surface area contributed by atoms with Crippen molar-refractivity contribution in [2.24, 2.45) is 5.16 Å². The Morgan fingerprint density at radius 3 is 2.78 bits per heavy atom. The average molecular weight is 305 g/mol. The zero-order valence-electron chi connectivity index (χ0n) is 13.2. The summed E-state index contributed by atoms with van der Waals surface area (Å²) in [5.41, 5.74) is 5.76. The number of benzene rings is 2. The first kappa shape index (κ1) is 14.0. The Morgan fingerprint density at radius 1 is 1.09 bits per heavy atom. The molecule has 2 heterocycles. The van der Waals surface area contributed by atoms with Gasteiger partial charge in [-0.15, -0.1) is 0 Å². The van der Waals surface area contributed by atoms with E-state index in [0.29, 0.717) is 0 Å². The summed E-state index contributed by atoms with van der Waals surface area (Å²) >= 11 is 0. The van der Waals surface area contributed by atoms with Gasteiger partial charge in [-0.3, -0.25) is 0 Å². The Labute approximate surface area is 135 Å². The molecule has 0 radical (unpaired) electrons. The number of rotatable bonds is 4. The van der Waals surface area contributed by atoms with Crippen molar-refractivity contribution in [2.75, 3.05) is 7.11 Å². The van der Waals surface area contributed by atoms with Gasteiger partial charge in [0.2, 0.25) is 0 Å². The maximum absolute atomic E-state index is 5.00. The fourth-order valence-electron chi connectivity index (χ4n) is 3.36. The van der Waals surface area contributed by atoms with Crippen LogP contribution in [0.2, 0.25) is 0 Å². The van der Waals surface area contributed by atoms with Crippen molar-refractivity contribution < 1.29 is 4.84 Å². The summed E-state index contributed by atoms with van der Waals surface area (Å²) in [7, 11) is 1.60. The van der Waals surface area contributed by atoms with E-state index in [-0.39, 0.29) is 0 Å².